The first-order valence-corrected chi connectivity index (χ1v) is 8.83. The van der Waals surface area contributed by atoms with Gasteiger partial charge in [-0.3, -0.25) is 24.0 Å². The van der Waals surface area contributed by atoms with E-state index < -0.39 is 16.2 Å². The lowest BCUT2D eigenvalue weighted by Gasteiger charge is -2.12. The van der Waals surface area contributed by atoms with E-state index in [0.29, 0.717) is 11.4 Å². The van der Waals surface area contributed by atoms with Crippen LogP contribution in [0.1, 0.15) is 11.1 Å². The molecule has 0 fully saturated rings. The van der Waals surface area contributed by atoms with E-state index in [-0.39, 0.29) is 33.4 Å². The number of non-ortho nitro benzene ring substituents is 1. The highest BCUT2D eigenvalue weighted by Crippen LogP contribution is 2.31. The molecule has 1 aliphatic rings. The lowest BCUT2D eigenvalue weighted by Crippen LogP contribution is -2.67. The molecule has 0 spiro atoms. The average Bonchev–Trinajstić information content (AvgIpc) is 2.88. The minimum atomic E-state index is -0.624. The van der Waals surface area contributed by atoms with E-state index in [9.17, 15) is 19.7 Å². The summed E-state index contributed by atoms with van der Waals surface area (Å²) in [5, 5.41) is 11.5. The average molecular weight is 414 g/mol. The van der Waals surface area contributed by atoms with Crippen molar-refractivity contribution in [1.29, 1.82) is 0 Å². The molecule has 0 radical (unpaired) electrons. The third kappa shape index (κ3) is 2.92. The molecule has 1 N–H and O–H groups in total. The molecule has 0 saturated carbocycles. The zero-order chi connectivity index (χ0) is 20.9. The summed E-state index contributed by atoms with van der Waals surface area (Å²) in [6.45, 7) is 0. The van der Waals surface area contributed by atoms with Crippen LogP contribution < -0.4 is 21.0 Å². The molecule has 4 rings (SSSR count). The van der Waals surface area contributed by atoms with E-state index >= 15 is 0 Å². The summed E-state index contributed by atoms with van der Waals surface area (Å²) in [7, 11) is 2.82. The van der Waals surface area contributed by atoms with Crippen LogP contribution in [0, 0.1) is 10.1 Å². The summed E-state index contributed by atoms with van der Waals surface area (Å²) in [5.74, 6) is 0.390. The first kappa shape index (κ1) is 18.6. The molecule has 0 atom stereocenters. The van der Waals surface area contributed by atoms with Crippen molar-refractivity contribution in [3.8, 4) is 11.6 Å². The van der Waals surface area contributed by atoms with Crippen LogP contribution in [-0.2, 0) is 14.1 Å². The molecule has 1 aromatic heterocycles. The Morgan fingerprint density at radius 3 is 2.55 bits per heavy atom. The molecule has 146 valence electrons. The van der Waals surface area contributed by atoms with Crippen molar-refractivity contribution in [2.24, 2.45) is 14.1 Å². The summed E-state index contributed by atoms with van der Waals surface area (Å²) >= 11 is 6.34. The quantitative estimate of drug-likeness (QED) is 0.389. The molecule has 0 amide bonds. The van der Waals surface area contributed by atoms with Crippen molar-refractivity contribution >= 4 is 28.7 Å². The van der Waals surface area contributed by atoms with Gasteiger partial charge < -0.3 is 4.74 Å². The molecular formula is C19H14ClN4O5+. The Kier molecular flexibility index (Phi) is 4.31. The smallest absolute Gasteiger partial charge is 0.333 e. The molecule has 0 bridgehead atoms. The maximum Gasteiger partial charge on any atom is 0.333 e. The fourth-order valence-electron chi connectivity index (χ4n) is 3.14. The van der Waals surface area contributed by atoms with Crippen molar-refractivity contribution < 1.29 is 14.7 Å². The van der Waals surface area contributed by atoms with Crippen LogP contribution in [0.3, 0.4) is 0 Å². The number of para-hydroxylation sites is 2. The third-order valence-corrected chi connectivity index (χ3v) is 4.97. The summed E-state index contributed by atoms with van der Waals surface area (Å²) in [6, 6.07) is 10.8. The molecular weight excluding hydrogens is 400 g/mol. The number of aromatic nitrogens is 2. The lowest BCUT2D eigenvalue weighted by atomic mass is 10.0. The van der Waals surface area contributed by atoms with Gasteiger partial charge >= 0.3 is 5.69 Å². The third-order valence-electron chi connectivity index (χ3n) is 4.64. The molecule has 0 aliphatic carbocycles. The van der Waals surface area contributed by atoms with Gasteiger partial charge in [-0.2, -0.15) is 0 Å². The van der Waals surface area contributed by atoms with Crippen LogP contribution in [0.5, 0.6) is 11.6 Å². The Morgan fingerprint density at radius 1 is 1.10 bits per heavy atom. The van der Waals surface area contributed by atoms with Gasteiger partial charge in [0.15, 0.2) is 5.56 Å². The first-order chi connectivity index (χ1) is 13.8. The SMILES string of the molecule is Cn1c2c(c(=O)n(C)c1=O)C(c1cc([N+](=O)[O-])ccc1Cl)=[NH+]c1ccccc1O2. The summed E-state index contributed by atoms with van der Waals surface area (Å²) in [4.78, 5) is 39.3. The number of nitro benzene ring substituents is 1. The molecule has 1 aliphatic heterocycles. The van der Waals surface area contributed by atoms with Gasteiger partial charge in [0.2, 0.25) is 23.0 Å². The number of hydrogen-bond donors (Lipinski definition) is 1. The van der Waals surface area contributed by atoms with Crippen LogP contribution in [0.4, 0.5) is 11.4 Å². The molecule has 10 heteroatoms. The van der Waals surface area contributed by atoms with E-state index in [4.69, 9.17) is 16.3 Å². The molecule has 2 heterocycles. The van der Waals surface area contributed by atoms with Gasteiger partial charge in [0.05, 0.1) is 15.5 Å². The zero-order valence-electron chi connectivity index (χ0n) is 15.3. The molecule has 0 saturated heterocycles. The minimum absolute atomic E-state index is 0.00752. The Labute approximate surface area is 168 Å². The summed E-state index contributed by atoms with van der Waals surface area (Å²) in [6.07, 6.45) is 0. The van der Waals surface area contributed by atoms with Gasteiger partial charge in [0.1, 0.15) is 0 Å². The van der Waals surface area contributed by atoms with Crippen LogP contribution in [0.15, 0.2) is 52.1 Å². The van der Waals surface area contributed by atoms with Crippen molar-refractivity contribution in [3.05, 3.63) is 89.6 Å². The number of nitrogens with zero attached hydrogens (tertiary/aromatic N) is 3. The maximum atomic E-state index is 13.0. The van der Waals surface area contributed by atoms with Crippen molar-refractivity contribution in [1.82, 2.24) is 9.13 Å². The van der Waals surface area contributed by atoms with E-state index in [2.05, 4.69) is 4.99 Å². The van der Waals surface area contributed by atoms with Gasteiger partial charge in [0.25, 0.3) is 11.2 Å². The van der Waals surface area contributed by atoms with Crippen molar-refractivity contribution in [2.45, 2.75) is 0 Å². The molecule has 3 aromatic rings. The fraction of sp³-hybridized carbons (Fsp3) is 0.105. The number of fused-ring (bicyclic) bond motifs is 2. The zero-order valence-corrected chi connectivity index (χ0v) is 16.1. The standard InChI is InChI=1S/C19H13ClN4O5/c1-22-17(25)15-16(11-9-10(24(27)28)7-8-12(11)20)21-13-5-3-4-6-14(13)29-18(15)23(2)19(22)26/h3-9H,1-2H3/p+1. The number of nitrogens with one attached hydrogen (secondary N) is 1. The van der Waals surface area contributed by atoms with Crippen LogP contribution in [-0.4, -0.2) is 19.8 Å². The highest BCUT2D eigenvalue weighted by Gasteiger charge is 2.33. The normalized spacial score (nSPS) is 12.3. The number of benzene rings is 2. The first-order valence-electron chi connectivity index (χ1n) is 8.45. The Bertz CT molecular complexity index is 1340. The van der Waals surface area contributed by atoms with Crippen LogP contribution in [0.25, 0.3) is 0 Å². The highest BCUT2D eigenvalue weighted by molar-refractivity contribution is 6.35. The van der Waals surface area contributed by atoms with Crippen LogP contribution >= 0.6 is 11.6 Å². The van der Waals surface area contributed by atoms with Gasteiger partial charge in [-0.25, -0.2) is 9.79 Å². The number of nitro groups is 1. The van der Waals surface area contributed by atoms with E-state index in [1.807, 2.05) is 0 Å². The maximum absolute atomic E-state index is 13.0. The van der Waals surface area contributed by atoms with Crippen LogP contribution in [0.2, 0.25) is 5.02 Å². The number of hydrogen-bond acceptors (Lipinski definition) is 5. The van der Waals surface area contributed by atoms with E-state index in [0.717, 1.165) is 4.57 Å². The largest absolute Gasteiger partial charge is 0.433 e. The second kappa shape index (κ2) is 6.71. The van der Waals surface area contributed by atoms with Gasteiger partial charge in [-0.15, -0.1) is 0 Å². The molecule has 29 heavy (non-hydrogen) atoms. The Hall–Kier alpha value is -3.72. The molecule has 2 aromatic carbocycles. The topological polar surface area (TPSA) is 110 Å². The van der Waals surface area contributed by atoms with Gasteiger partial charge in [0, 0.05) is 32.3 Å². The van der Waals surface area contributed by atoms with E-state index in [1.54, 1.807) is 24.3 Å². The fourth-order valence-corrected chi connectivity index (χ4v) is 3.35. The highest BCUT2D eigenvalue weighted by atomic mass is 35.5. The van der Waals surface area contributed by atoms with Crippen molar-refractivity contribution in [2.75, 3.05) is 0 Å². The van der Waals surface area contributed by atoms with Gasteiger partial charge in [-0.1, -0.05) is 23.7 Å². The second-order valence-corrected chi connectivity index (χ2v) is 6.81. The van der Waals surface area contributed by atoms with Gasteiger partial charge in [-0.05, 0) is 12.1 Å². The second-order valence-electron chi connectivity index (χ2n) is 6.41. The number of ether oxygens (including phenoxy) is 1. The molecule has 0 unspecified atom stereocenters. The number of halogens is 1. The Balaban J connectivity index is 2.16. The predicted octanol–water partition coefficient (Wildman–Crippen LogP) is 1.00. The van der Waals surface area contributed by atoms with E-state index in [1.165, 1.54) is 36.9 Å². The summed E-state index contributed by atoms with van der Waals surface area (Å²) < 4.78 is 8.04. The Morgan fingerprint density at radius 2 is 1.83 bits per heavy atom. The minimum Gasteiger partial charge on any atom is -0.433 e. The van der Waals surface area contributed by atoms with Crippen molar-refractivity contribution in [3.63, 3.8) is 0 Å². The predicted molar refractivity (Wildman–Crippen MR) is 105 cm³/mol. The summed E-state index contributed by atoms with van der Waals surface area (Å²) in [5.41, 5.74) is -0.407. The molecule has 9 nitrogen and oxygen atoms in total. The monoisotopic (exact) mass is 413 g/mol. The lowest BCUT2D eigenvalue weighted by molar-refractivity contribution is -0.385. The number of rotatable bonds is 2.